The predicted octanol–water partition coefficient (Wildman–Crippen LogP) is 2.94. The summed E-state index contributed by atoms with van der Waals surface area (Å²) in [6.07, 6.45) is 7.74. The van der Waals surface area contributed by atoms with E-state index in [4.69, 9.17) is 9.26 Å². The third kappa shape index (κ3) is 2.87. The Balaban J connectivity index is 1.71. The highest BCUT2D eigenvalue weighted by molar-refractivity contribution is 7.89. The highest BCUT2D eigenvalue weighted by Gasteiger charge is 2.40. The Hall–Kier alpha value is -2.12. The fourth-order valence-corrected chi connectivity index (χ4v) is 5.44. The van der Waals surface area contributed by atoms with Crippen molar-refractivity contribution in [1.29, 1.82) is 0 Å². The Kier molecular flexibility index (Phi) is 4.13. The van der Waals surface area contributed by atoms with E-state index in [0.717, 1.165) is 12.8 Å². The molecule has 1 aliphatic heterocycles. The van der Waals surface area contributed by atoms with Crippen LogP contribution in [-0.4, -0.2) is 38.1 Å². The average molecular weight is 360 g/mol. The summed E-state index contributed by atoms with van der Waals surface area (Å²) < 4.78 is 38.6. The van der Waals surface area contributed by atoms with E-state index in [1.165, 1.54) is 13.3 Å². The molecule has 2 aliphatic rings. The summed E-state index contributed by atoms with van der Waals surface area (Å²) in [6, 6.07) is 6.74. The first-order valence-corrected chi connectivity index (χ1v) is 9.78. The molecule has 2 heterocycles. The van der Waals surface area contributed by atoms with Gasteiger partial charge in [-0.25, -0.2) is 8.42 Å². The highest BCUT2D eigenvalue weighted by Crippen LogP contribution is 2.38. The number of methoxy groups -OCH3 is 1. The van der Waals surface area contributed by atoms with Gasteiger partial charge in [0.1, 0.15) is 10.6 Å². The number of sulfonamides is 1. The zero-order valence-corrected chi connectivity index (χ0v) is 14.8. The van der Waals surface area contributed by atoms with Gasteiger partial charge in [-0.3, -0.25) is 0 Å². The van der Waals surface area contributed by atoms with Gasteiger partial charge in [-0.1, -0.05) is 17.3 Å². The molecular weight excluding hydrogens is 340 g/mol. The number of aromatic nitrogens is 1. The van der Waals surface area contributed by atoms with Crippen molar-refractivity contribution in [3.05, 3.63) is 42.6 Å². The number of allylic oxidation sites excluding steroid dienone is 2. The SMILES string of the molecule is COc1ccc(-c2ccno2)cc1S(=O)(=O)N1C[C@H]2CC=CC[C@H]2C1. The van der Waals surface area contributed by atoms with Crippen LogP contribution in [0.25, 0.3) is 11.3 Å². The van der Waals surface area contributed by atoms with Crippen molar-refractivity contribution >= 4 is 10.0 Å². The first kappa shape index (κ1) is 16.4. The van der Waals surface area contributed by atoms with E-state index in [1.807, 2.05) is 0 Å². The van der Waals surface area contributed by atoms with Crippen molar-refractivity contribution < 1.29 is 17.7 Å². The Morgan fingerprint density at radius 3 is 2.48 bits per heavy atom. The predicted molar refractivity (Wildman–Crippen MR) is 92.6 cm³/mol. The number of hydrogen-bond donors (Lipinski definition) is 0. The molecular formula is C18H20N2O4S. The van der Waals surface area contributed by atoms with Gasteiger partial charge in [0.2, 0.25) is 10.0 Å². The zero-order chi connectivity index (χ0) is 17.4. The van der Waals surface area contributed by atoms with Crippen molar-refractivity contribution in [2.75, 3.05) is 20.2 Å². The second-order valence-corrected chi connectivity index (χ2v) is 8.43. The molecule has 0 unspecified atom stereocenters. The van der Waals surface area contributed by atoms with Gasteiger partial charge < -0.3 is 9.26 Å². The van der Waals surface area contributed by atoms with Gasteiger partial charge in [0, 0.05) is 24.7 Å². The summed E-state index contributed by atoms with van der Waals surface area (Å²) in [7, 11) is -2.15. The van der Waals surface area contributed by atoms with E-state index in [0.29, 0.717) is 42.0 Å². The van der Waals surface area contributed by atoms with E-state index >= 15 is 0 Å². The lowest BCUT2D eigenvalue weighted by Gasteiger charge is -2.18. The Bertz CT molecular complexity index is 874. The van der Waals surface area contributed by atoms with Gasteiger partial charge in [0.25, 0.3) is 0 Å². The van der Waals surface area contributed by atoms with Crippen molar-refractivity contribution in [2.24, 2.45) is 11.8 Å². The topological polar surface area (TPSA) is 72.6 Å². The van der Waals surface area contributed by atoms with Crippen LogP contribution in [0.1, 0.15) is 12.8 Å². The maximum Gasteiger partial charge on any atom is 0.246 e. The minimum Gasteiger partial charge on any atom is -0.495 e. The normalized spacial score (nSPS) is 23.6. The van der Waals surface area contributed by atoms with Crippen LogP contribution in [-0.2, 0) is 10.0 Å². The molecule has 1 fully saturated rings. The van der Waals surface area contributed by atoms with Crippen LogP contribution in [0.2, 0.25) is 0 Å². The Labute approximate surface area is 147 Å². The van der Waals surface area contributed by atoms with E-state index in [-0.39, 0.29) is 4.90 Å². The second-order valence-electron chi connectivity index (χ2n) is 6.53. The summed E-state index contributed by atoms with van der Waals surface area (Å²) in [6.45, 7) is 1.13. The van der Waals surface area contributed by atoms with Gasteiger partial charge in [-0.05, 0) is 42.9 Å². The molecule has 6 nitrogen and oxygen atoms in total. The van der Waals surface area contributed by atoms with Crippen molar-refractivity contribution in [3.63, 3.8) is 0 Å². The molecule has 1 saturated heterocycles. The summed E-state index contributed by atoms with van der Waals surface area (Å²) in [5.41, 5.74) is 0.662. The molecule has 7 heteroatoms. The maximum atomic E-state index is 13.3. The molecule has 0 N–H and O–H groups in total. The molecule has 2 atom stereocenters. The third-order valence-corrected chi connectivity index (χ3v) is 6.94. The quantitative estimate of drug-likeness (QED) is 0.784. The largest absolute Gasteiger partial charge is 0.495 e. The summed E-state index contributed by atoms with van der Waals surface area (Å²) in [5.74, 6) is 1.68. The van der Waals surface area contributed by atoms with Gasteiger partial charge in [-0.2, -0.15) is 4.31 Å². The van der Waals surface area contributed by atoms with Gasteiger partial charge >= 0.3 is 0 Å². The molecule has 0 amide bonds. The van der Waals surface area contributed by atoms with E-state index < -0.39 is 10.0 Å². The first-order valence-electron chi connectivity index (χ1n) is 8.34. The van der Waals surface area contributed by atoms with Gasteiger partial charge in [0.05, 0.1) is 13.3 Å². The third-order valence-electron chi connectivity index (χ3n) is 5.09. The fourth-order valence-electron chi connectivity index (χ4n) is 3.70. The lowest BCUT2D eigenvalue weighted by Crippen LogP contribution is -2.29. The minimum absolute atomic E-state index is 0.176. The number of rotatable bonds is 4. The molecule has 0 bridgehead atoms. The van der Waals surface area contributed by atoms with Gasteiger partial charge in [0.15, 0.2) is 5.76 Å². The van der Waals surface area contributed by atoms with Crippen molar-refractivity contribution in [2.45, 2.75) is 17.7 Å². The van der Waals surface area contributed by atoms with Gasteiger partial charge in [-0.15, -0.1) is 0 Å². The molecule has 25 heavy (non-hydrogen) atoms. The first-order chi connectivity index (χ1) is 12.1. The second kappa shape index (κ2) is 6.31. The molecule has 1 aromatic heterocycles. The number of ether oxygens (including phenoxy) is 1. The molecule has 0 radical (unpaired) electrons. The standard InChI is InChI=1S/C18H20N2O4S/c1-23-17-7-6-13(16-8-9-19-24-16)10-18(17)25(21,22)20-11-14-4-2-3-5-15(14)12-20/h2-3,6-10,14-15H,4-5,11-12H2,1H3/t14-,15+. The maximum absolute atomic E-state index is 13.3. The average Bonchev–Trinajstić information content (AvgIpc) is 3.30. The van der Waals surface area contributed by atoms with Crippen LogP contribution in [0.3, 0.4) is 0 Å². The summed E-state index contributed by atoms with van der Waals surface area (Å²) >= 11 is 0. The Morgan fingerprint density at radius 2 is 1.88 bits per heavy atom. The lowest BCUT2D eigenvalue weighted by molar-refractivity contribution is 0.397. The number of fused-ring (bicyclic) bond motifs is 1. The van der Waals surface area contributed by atoms with E-state index in [9.17, 15) is 8.42 Å². The molecule has 132 valence electrons. The fraction of sp³-hybridized carbons (Fsp3) is 0.389. The molecule has 1 aliphatic carbocycles. The van der Waals surface area contributed by atoms with Crippen LogP contribution >= 0.6 is 0 Å². The minimum atomic E-state index is -3.63. The summed E-state index contributed by atoms with van der Waals surface area (Å²) in [4.78, 5) is 0.176. The van der Waals surface area contributed by atoms with Crippen molar-refractivity contribution in [1.82, 2.24) is 9.46 Å². The summed E-state index contributed by atoms with van der Waals surface area (Å²) in [5, 5.41) is 3.69. The van der Waals surface area contributed by atoms with Crippen molar-refractivity contribution in [3.8, 4) is 17.1 Å². The molecule has 0 saturated carbocycles. The van der Waals surface area contributed by atoms with Crippen LogP contribution in [0.5, 0.6) is 5.75 Å². The number of hydrogen-bond acceptors (Lipinski definition) is 5. The van der Waals surface area contributed by atoms with Crippen LogP contribution in [0.15, 0.2) is 52.0 Å². The molecule has 0 spiro atoms. The Morgan fingerprint density at radius 1 is 1.16 bits per heavy atom. The van der Waals surface area contributed by atoms with E-state index in [1.54, 1.807) is 28.6 Å². The van der Waals surface area contributed by atoms with Crippen LogP contribution < -0.4 is 4.74 Å². The zero-order valence-electron chi connectivity index (χ0n) is 14.0. The van der Waals surface area contributed by atoms with Crippen LogP contribution in [0.4, 0.5) is 0 Å². The molecule has 2 aromatic rings. The molecule has 1 aromatic carbocycles. The monoisotopic (exact) mass is 360 g/mol. The number of benzene rings is 1. The van der Waals surface area contributed by atoms with Crippen LogP contribution in [0, 0.1) is 11.8 Å². The highest BCUT2D eigenvalue weighted by atomic mass is 32.2. The smallest absolute Gasteiger partial charge is 0.246 e. The van der Waals surface area contributed by atoms with E-state index in [2.05, 4.69) is 17.3 Å². The molecule has 4 rings (SSSR count). The number of nitrogens with zero attached hydrogens (tertiary/aromatic N) is 2. The lowest BCUT2D eigenvalue weighted by atomic mass is 9.86.